The van der Waals surface area contributed by atoms with Gasteiger partial charge in [0.15, 0.2) is 12.2 Å². The van der Waals surface area contributed by atoms with Gasteiger partial charge in [0, 0.05) is 11.3 Å². The number of carbonyl (C=O) groups excluding carboxylic acids is 1. The van der Waals surface area contributed by atoms with Gasteiger partial charge >= 0.3 is 0 Å². The van der Waals surface area contributed by atoms with Crippen molar-refractivity contribution in [3.8, 4) is 11.3 Å². The van der Waals surface area contributed by atoms with Crippen LogP contribution in [0.3, 0.4) is 0 Å². The van der Waals surface area contributed by atoms with Crippen LogP contribution >= 0.6 is 0 Å². The summed E-state index contributed by atoms with van der Waals surface area (Å²) in [4.78, 5) is 15.5. The first kappa shape index (κ1) is 12.3. The SMILES string of the molecule is CC[C@@H](N)C(=O)Nc1cccc(-c2cnco2)c1. The van der Waals surface area contributed by atoms with E-state index in [9.17, 15) is 4.79 Å². The van der Waals surface area contributed by atoms with Crippen LogP contribution in [0.15, 0.2) is 41.3 Å². The Hall–Kier alpha value is -2.14. The summed E-state index contributed by atoms with van der Waals surface area (Å²) in [5.74, 6) is 0.470. The van der Waals surface area contributed by atoms with Gasteiger partial charge in [-0.25, -0.2) is 4.98 Å². The molecule has 1 aromatic heterocycles. The molecular weight excluding hydrogens is 230 g/mol. The van der Waals surface area contributed by atoms with Gasteiger partial charge in [-0.05, 0) is 18.6 Å². The summed E-state index contributed by atoms with van der Waals surface area (Å²) in [7, 11) is 0. The standard InChI is InChI=1S/C13H15N3O2/c1-2-11(14)13(17)16-10-5-3-4-9(6-10)12-7-15-8-18-12/h3-8,11H,2,14H2,1H3,(H,16,17)/t11-/m1/s1. The smallest absolute Gasteiger partial charge is 0.241 e. The number of nitrogens with one attached hydrogen (secondary N) is 1. The van der Waals surface area contributed by atoms with Crippen molar-refractivity contribution in [1.82, 2.24) is 4.98 Å². The molecular formula is C13H15N3O2. The molecule has 1 heterocycles. The first-order chi connectivity index (χ1) is 8.70. The van der Waals surface area contributed by atoms with E-state index in [0.717, 1.165) is 5.56 Å². The first-order valence-corrected chi connectivity index (χ1v) is 5.76. The molecule has 94 valence electrons. The topological polar surface area (TPSA) is 81.2 Å². The molecule has 0 aliphatic carbocycles. The summed E-state index contributed by atoms with van der Waals surface area (Å²) < 4.78 is 5.20. The zero-order chi connectivity index (χ0) is 13.0. The van der Waals surface area contributed by atoms with E-state index >= 15 is 0 Å². The molecule has 0 bridgehead atoms. The molecule has 5 nitrogen and oxygen atoms in total. The molecule has 0 aliphatic heterocycles. The van der Waals surface area contributed by atoms with Gasteiger partial charge in [-0.2, -0.15) is 0 Å². The third-order valence-electron chi connectivity index (χ3n) is 2.62. The number of benzene rings is 1. The van der Waals surface area contributed by atoms with E-state index in [1.165, 1.54) is 6.39 Å². The molecule has 3 N–H and O–H groups in total. The lowest BCUT2D eigenvalue weighted by molar-refractivity contribution is -0.117. The average molecular weight is 245 g/mol. The van der Waals surface area contributed by atoms with E-state index in [1.807, 2.05) is 25.1 Å². The largest absolute Gasteiger partial charge is 0.444 e. The molecule has 0 radical (unpaired) electrons. The second-order valence-electron chi connectivity index (χ2n) is 3.95. The predicted molar refractivity (Wildman–Crippen MR) is 68.8 cm³/mol. The van der Waals surface area contributed by atoms with E-state index in [0.29, 0.717) is 17.9 Å². The van der Waals surface area contributed by atoms with Gasteiger partial charge in [0.1, 0.15) is 0 Å². The summed E-state index contributed by atoms with van der Waals surface area (Å²) in [6.07, 6.45) is 3.60. The van der Waals surface area contributed by atoms with Crippen molar-refractivity contribution in [1.29, 1.82) is 0 Å². The van der Waals surface area contributed by atoms with Crippen molar-refractivity contribution >= 4 is 11.6 Å². The molecule has 0 unspecified atom stereocenters. The van der Waals surface area contributed by atoms with Crippen LogP contribution in [0.1, 0.15) is 13.3 Å². The minimum absolute atomic E-state index is 0.188. The Morgan fingerprint density at radius 2 is 2.39 bits per heavy atom. The Labute approximate surface area is 105 Å². The predicted octanol–water partition coefficient (Wildman–Crippen LogP) is 2.02. The van der Waals surface area contributed by atoms with Crippen molar-refractivity contribution in [3.05, 3.63) is 36.9 Å². The maximum atomic E-state index is 11.7. The van der Waals surface area contributed by atoms with Gasteiger partial charge < -0.3 is 15.5 Å². The molecule has 0 aliphatic rings. The number of rotatable bonds is 4. The van der Waals surface area contributed by atoms with Crippen molar-refractivity contribution in [3.63, 3.8) is 0 Å². The van der Waals surface area contributed by atoms with Gasteiger partial charge in [-0.1, -0.05) is 19.1 Å². The highest BCUT2D eigenvalue weighted by molar-refractivity contribution is 5.95. The maximum absolute atomic E-state index is 11.7. The van der Waals surface area contributed by atoms with Gasteiger partial charge in [-0.15, -0.1) is 0 Å². The van der Waals surface area contributed by atoms with Crippen molar-refractivity contribution < 1.29 is 9.21 Å². The Balaban J connectivity index is 2.16. The fourth-order valence-corrected chi connectivity index (χ4v) is 1.53. The van der Waals surface area contributed by atoms with E-state index in [1.54, 1.807) is 12.3 Å². The van der Waals surface area contributed by atoms with Crippen LogP contribution in [0, 0.1) is 0 Å². The third kappa shape index (κ3) is 2.75. The molecule has 1 atom stereocenters. The summed E-state index contributed by atoms with van der Waals surface area (Å²) in [6, 6.07) is 6.86. The van der Waals surface area contributed by atoms with Crippen LogP contribution < -0.4 is 11.1 Å². The molecule has 1 amide bonds. The zero-order valence-corrected chi connectivity index (χ0v) is 10.1. The number of amides is 1. The lowest BCUT2D eigenvalue weighted by Crippen LogP contribution is -2.34. The van der Waals surface area contributed by atoms with Gasteiger partial charge in [0.2, 0.25) is 5.91 Å². The van der Waals surface area contributed by atoms with E-state index in [-0.39, 0.29) is 5.91 Å². The second kappa shape index (κ2) is 5.46. The zero-order valence-electron chi connectivity index (χ0n) is 10.1. The fourth-order valence-electron chi connectivity index (χ4n) is 1.53. The molecule has 0 saturated carbocycles. The molecule has 2 aromatic rings. The summed E-state index contributed by atoms with van der Waals surface area (Å²) in [5, 5.41) is 2.77. The maximum Gasteiger partial charge on any atom is 0.241 e. The van der Waals surface area contributed by atoms with Crippen LogP contribution in [-0.2, 0) is 4.79 Å². The Morgan fingerprint density at radius 3 is 3.06 bits per heavy atom. The number of hydrogen-bond acceptors (Lipinski definition) is 4. The van der Waals surface area contributed by atoms with Crippen LogP contribution in [-0.4, -0.2) is 16.9 Å². The molecule has 5 heteroatoms. The van der Waals surface area contributed by atoms with E-state index < -0.39 is 6.04 Å². The highest BCUT2D eigenvalue weighted by Crippen LogP contribution is 2.22. The number of nitrogens with zero attached hydrogens (tertiary/aromatic N) is 1. The van der Waals surface area contributed by atoms with Crippen LogP contribution in [0.2, 0.25) is 0 Å². The van der Waals surface area contributed by atoms with Crippen molar-refractivity contribution in [2.45, 2.75) is 19.4 Å². The number of anilines is 1. The highest BCUT2D eigenvalue weighted by atomic mass is 16.3. The fraction of sp³-hybridized carbons (Fsp3) is 0.231. The molecule has 0 spiro atoms. The Kier molecular flexibility index (Phi) is 3.74. The average Bonchev–Trinajstić information content (AvgIpc) is 2.92. The van der Waals surface area contributed by atoms with Gasteiger partial charge in [0.25, 0.3) is 0 Å². The molecule has 2 rings (SSSR count). The number of oxazole rings is 1. The molecule has 0 saturated heterocycles. The highest BCUT2D eigenvalue weighted by Gasteiger charge is 2.11. The van der Waals surface area contributed by atoms with Crippen LogP contribution in [0.4, 0.5) is 5.69 Å². The number of carbonyl (C=O) groups is 1. The van der Waals surface area contributed by atoms with Gasteiger partial charge in [0.05, 0.1) is 12.2 Å². The summed E-state index contributed by atoms with van der Waals surface area (Å²) in [6.45, 7) is 1.87. The van der Waals surface area contributed by atoms with Crippen LogP contribution in [0.25, 0.3) is 11.3 Å². The van der Waals surface area contributed by atoms with Crippen molar-refractivity contribution in [2.75, 3.05) is 5.32 Å². The summed E-state index contributed by atoms with van der Waals surface area (Å²) in [5.41, 5.74) is 7.21. The van der Waals surface area contributed by atoms with E-state index in [4.69, 9.17) is 10.2 Å². The second-order valence-corrected chi connectivity index (χ2v) is 3.95. The third-order valence-corrected chi connectivity index (χ3v) is 2.62. The molecule has 18 heavy (non-hydrogen) atoms. The number of hydrogen-bond donors (Lipinski definition) is 2. The Bertz CT molecular complexity index is 523. The first-order valence-electron chi connectivity index (χ1n) is 5.76. The minimum Gasteiger partial charge on any atom is -0.444 e. The normalized spacial score (nSPS) is 12.1. The molecule has 1 aromatic carbocycles. The monoisotopic (exact) mass is 245 g/mol. The Morgan fingerprint density at radius 1 is 1.56 bits per heavy atom. The quantitative estimate of drug-likeness (QED) is 0.863. The van der Waals surface area contributed by atoms with Crippen molar-refractivity contribution in [2.24, 2.45) is 5.73 Å². The van der Waals surface area contributed by atoms with E-state index in [2.05, 4.69) is 10.3 Å². The van der Waals surface area contributed by atoms with Crippen LogP contribution in [0.5, 0.6) is 0 Å². The minimum atomic E-state index is -0.487. The molecule has 0 fully saturated rings. The van der Waals surface area contributed by atoms with Gasteiger partial charge in [-0.3, -0.25) is 4.79 Å². The number of aromatic nitrogens is 1. The lowest BCUT2D eigenvalue weighted by Gasteiger charge is -2.10. The lowest BCUT2D eigenvalue weighted by atomic mass is 10.1. The summed E-state index contributed by atoms with van der Waals surface area (Å²) >= 11 is 0. The number of nitrogens with two attached hydrogens (primary N) is 1.